The molecule has 0 bridgehead atoms. The lowest BCUT2D eigenvalue weighted by molar-refractivity contribution is -0.0373. The van der Waals surface area contributed by atoms with Gasteiger partial charge < -0.3 is 20.1 Å². The van der Waals surface area contributed by atoms with Crippen LogP contribution in [0, 0.1) is 0 Å². The fraction of sp³-hybridized carbons (Fsp3) is 0.917. The summed E-state index contributed by atoms with van der Waals surface area (Å²) in [6.45, 7) is 6.22. The smallest absolute Gasteiger partial charge is 0.0829 e. The minimum atomic E-state index is 0.270. The number of rotatable bonds is 8. The molecule has 2 N–H and O–H groups in total. The lowest BCUT2D eigenvalue weighted by Gasteiger charge is -2.33. The van der Waals surface area contributed by atoms with Gasteiger partial charge in [0.2, 0.25) is 0 Å². The minimum Gasteiger partial charge on any atom is -0.393 e. The Morgan fingerprint density at radius 1 is 1.56 bits per heavy atom. The highest BCUT2D eigenvalue weighted by Crippen LogP contribution is 2.06. The lowest BCUT2D eigenvalue weighted by atomic mass is 10.2. The number of thiocarbonyl (C=S) groups is 1. The summed E-state index contributed by atoms with van der Waals surface area (Å²) >= 11 is 4.93. The van der Waals surface area contributed by atoms with Gasteiger partial charge in [0.1, 0.15) is 0 Å². The molecule has 1 saturated heterocycles. The normalized spacial score (nSPS) is 21.4. The van der Waals surface area contributed by atoms with E-state index in [1.807, 2.05) is 0 Å². The van der Waals surface area contributed by atoms with Gasteiger partial charge in [-0.15, -0.1) is 0 Å². The summed E-state index contributed by atoms with van der Waals surface area (Å²) < 4.78 is 10.9. The first kappa shape index (κ1) is 15.8. The average Bonchev–Trinajstić information content (AvgIpc) is 2.32. The molecule has 0 aliphatic carbocycles. The minimum absolute atomic E-state index is 0.270. The number of likely N-dealkylation sites (N-methyl/N-ethyl adjacent to an activating group) is 1. The molecular formula is C12H25N3O2S. The lowest BCUT2D eigenvalue weighted by Crippen LogP contribution is -2.47. The fourth-order valence-electron chi connectivity index (χ4n) is 2.05. The van der Waals surface area contributed by atoms with Gasteiger partial charge in [-0.3, -0.25) is 4.90 Å². The molecule has 0 saturated carbocycles. The van der Waals surface area contributed by atoms with Gasteiger partial charge in [0.25, 0.3) is 0 Å². The van der Waals surface area contributed by atoms with E-state index in [-0.39, 0.29) is 6.10 Å². The van der Waals surface area contributed by atoms with Crippen molar-refractivity contribution in [3.8, 4) is 0 Å². The van der Waals surface area contributed by atoms with Crippen LogP contribution < -0.4 is 5.73 Å². The molecule has 1 aliphatic heterocycles. The zero-order chi connectivity index (χ0) is 13.4. The van der Waals surface area contributed by atoms with Gasteiger partial charge in [-0.1, -0.05) is 12.2 Å². The fourth-order valence-corrected chi connectivity index (χ4v) is 2.14. The molecule has 0 spiro atoms. The number of nitrogens with zero attached hydrogens (tertiary/aromatic N) is 2. The molecule has 106 valence electrons. The van der Waals surface area contributed by atoms with E-state index in [1.165, 1.54) is 0 Å². The molecule has 0 radical (unpaired) electrons. The van der Waals surface area contributed by atoms with Gasteiger partial charge in [0.05, 0.1) is 24.3 Å². The third-order valence-corrected chi connectivity index (χ3v) is 3.29. The second-order valence-corrected chi connectivity index (χ2v) is 5.29. The van der Waals surface area contributed by atoms with Crippen molar-refractivity contribution in [2.45, 2.75) is 12.5 Å². The Morgan fingerprint density at radius 3 is 2.94 bits per heavy atom. The molecule has 1 atom stereocenters. The quantitative estimate of drug-likeness (QED) is 0.627. The van der Waals surface area contributed by atoms with Gasteiger partial charge in [-0.2, -0.15) is 0 Å². The highest BCUT2D eigenvalue weighted by molar-refractivity contribution is 7.80. The molecule has 6 heteroatoms. The average molecular weight is 275 g/mol. The Balaban J connectivity index is 2.35. The van der Waals surface area contributed by atoms with Crippen molar-refractivity contribution in [2.24, 2.45) is 5.73 Å². The molecule has 1 unspecified atom stereocenters. The van der Waals surface area contributed by atoms with E-state index >= 15 is 0 Å². The molecular weight excluding hydrogens is 250 g/mol. The van der Waals surface area contributed by atoms with Crippen LogP contribution in [-0.2, 0) is 9.47 Å². The van der Waals surface area contributed by atoms with Gasteiger partial charge >= 0.3 is 0 Å². The number of methoxy groups -OCH3 is 1. The summed E-state index contributed by atoms with van der Waals surface area (Å²) in [7, 11) is 3.85. The van der Waals surface area contributed by atoms with E-state index in [4.69, 9.17) is 27.4 Å². The SMILES string of the molecule is COCCN(CCC(N)=S)CC1CN(C)CCO1. The Labute approximate surface area is 115 Å². The summed E-state index contributed by atoms with van der Waals surface area (Å²) in [5, 5.41) is 0. The summed E-state index contributed by atoms with van der Waals surface area (Å²) in [5.74, 6) is 0. The van der Waals surface area contributed by atoms with Crippen molar-refractivity contribution in [1.82, 2.24) is 9.80 Å². The molecule has 18 heavy (non-hydrogen) atoms. The topological polar surface area (TPSA) is 51.0 Å². The maximum Gasteiger partial charge on any atom is 0.0829 e. The molecule has 1 fully saturated rings. The van der Waals surface area contributed by atoms with E-state index in [2.05, 4.69) is 16.8 Å². The monoisotopic (exact) mass is 275 g/mol. The summed E-state index contributed by atoms with van der Waals surface area (Å²) in [4.78, 5) is 5.18. The van der Waals surface area contributed by atoms with Gasteiger partial charge in [-0.05, 0) is 7.05 Å². The van der Waals surface area contributed by atoms with E-state index in [9.17, 15) is 0 Å². The summed E-state index contributed by atoms with van der Waals surface area (Å²) in [5.41, 5.74) is 5.56. The van der Waals surface area contributed by atoms with E-state index in [0.29, 0.717) is 4.99 Å². The second kappa shape index (κ2) is 8.77. The molecule has 1 heterocycles. The van der Waals surface area contributed by atoms with Crippen LogP contribution in [0.3, 0.4) is 0 Å². The summed E-state index contributed by atoms with van der Waals surface area (Å²) in [6.07, 6.45) is 1.02. The summed E-state index contributed by atoms with van der Waals surface area (Å²) in [6, 6.07) is 0. The largest absolute Gasteiger partial charge is 0.393 e. The number of ether oxygens (including phenoxy) is 2. The molecule has 5 nitrogen and oxygen atoms in total. The van der Waals surface area contributed by atoms with Crippen molar-refractivity contribution < 1.29 is 9.47 Å². The van der Waals surface area contributed by atoms with Crippen LogP contribution in [-0.4, -0.2) is 81.0 Å². The Bertz CT molecular complexity index is 253. The Morgan fingerprint density at radius 2 is 2.33 bits per heavy atom. The highest BCUT2D eigenvalue weighted by atomic mass is 32.1. The van der Waals surface area contributed by atoms with E-state index in [1.54, 1.807) is 7.11 Å². The van der Waals surface area contributed by atoms with Crippen LogP contribution in [0.25, 0.3) is 0 Å². The number of hydrogen-bond acceptors (Lipinski definition) is 5. The second-order valence-electron chi connectivity index (χ2n) is 4.76. The molecule has 0 aromatic rings. The number of hydrogen-bond donors (Lipinski definition) is 1. The molecule has 1 rings (SSSR count). The third kappa shape index (κ3) is 6.61. The van der Waals surface area contributed by atoms with Gasteiger partial charge in [0, 0.05) is 46.3 Å². The van der Waals surface area contributed by atoms with Crippen molar-refractivity contribution >= 4 is 17.2 Å². The highest BCUT2D eigenvalue weighted by Gasteiger charge is 2.20. The first-order valence-electron chi connectivity index (χ1n) is 6.41. The standard InChI is InChI=1S/C12H25N3O2S/c1-14-5-8-17-11(9-14)10-15(6-7-16-2)4-3-12(13)18/h11H,3-10H2,1-2H3,(H2,13,18). The Hall–Kier alpha value is -0.270. The van der Waals surface area contributed by atoms with E-state index in [0.717, 1.165) is 52.4 Å². The Kier molecular flexibility index (Phi) is 7.69. The maximum atomic E-state index is 5.78. The van der Waals surface area contributed by atoms with Crippen LogP contribution in [0.15, 0.2) is 0 Å². The predicted octanol–water partition coefficient (Wildman–Crippen LogP) is -0.0584. The van der Waals surface area contributed by atoms with Crippen LogP contribution in [0.4, 0.5) is 0 Å². The zero-order valence-corrected chi connectivity index (χ0v) is 12.2. The number of morpholine rings is 1. The van der Waals surface area contributed by atoms with Crippen LogP contribution >= 0.6 is 12.2 Å². The zero-order valence-electron chi connectivity index (χ0n) is 11.4. The van der Waals surface area contributed by atoms with Crippen LogP contribution in [0.2, 0.25) is 0 Å². The van der Waals surface area contributed by atoms with Crippen molar-refractivity contribution in [3.63, 3.8) is 0 Å². The molecule has 0 aromatic carbocycles. The van der Waals surface area contributed by atoms with Gasteiger partial charge in [0.15, 0.2) is 0 Å². The van der Waals surface area contributed by atoms with Crippen molar-refractivity contribution in [2.75, 3.05) is 60.1 Å². The van der Waals surface area contributed by atoms with Crippen LogP contribution in [0.1, 0.15) is 6.42 Å². The third-order valence-electron chi connectivity index (χ3n) is 3.09. The number of nitrogens with two attached hydrogens (primary N) is 1. The maximum absolute atomic E-state index is 5.78. The molecule has 1 aliphatic rings. The first-order valence-corrected chi connectivity index (χ1v) is 6.82. The predicted molar refractivity (Wildman–Crippen MR) is 77.0 cm³/mol. The van der Waals surface area contributed by atoms with Crippen LogP contribution in [0.5, 0.6) is 0 Å². The van der Waals surface area contributed by atoms with Crippen molar-refractivity contribution in [1.29, 1.82) is 0 Å². The molecule has 0 amide bonds. The van der Waals surface area contributed by atoms with E-state index < -0.39 is 0 Å². The molecule has 0 aromatic heterocycles. The van der Waals surface area contributed by atoms with Crippen molar-refractivity contribution in [3.05, 3.63) is 0 Å². The van der Waals surface area contributed by atoms with Gasteiger partial charge in [-0.25, -0.2) is 0 Å². The first-order chi connectivity index (χ1) is 8.61.